The third-order valence-corrected chi connectivity index (χ3v) is 3.32. The first-order valence-electron chi connectivity index (χ1n) is 5.07. The first-order chi connectivity index (χ1) is 8.27. The summed E-state index contributed by atoms with van der Waals surface area (Å²) in [6.45, 7) is 0. The van der Waals surface area contributed by atoms with E-state index in [1.54, 1.807) is 30.6 Å². The van der Waals surface area contributed by atoms with Gasteiger partial charge in [-0.2, -0.15) is 0 Å². The molecule has 0 saturated carbocycles. The zero-order chi connectivity index (χ0) is 12.1. The Bertz CT molecular complexity index is 481. The summed E-state index contributed by atoms with van der Waals surface area (Å²) >= 11 is 1.27. The minimum atomic E-state index is -0.694. The normalized spacial score (nSPS) is 12.4. The molecule has 1 atom stereocenters. The van der Waals surface area contributed by atoms with E-state index in [-0.39, 0.29) is 5.82 Å². The van der Waals surface area contributed by atoms with Crippen LogP contribution in [-0.2, 0) is 0 Å². The van der Waals surface area contributed by atoms with Gasteiger partial charge in [0.15, 0.2) is 0 Å². The largest absolute Gasteiger partial charge is 0.387 e. The minimum absolute atomic E-state index is 0.269. The molecular weight excluding hydrogens is 239 g/mol. The third-order valence-electron chi connectivity index (χ3n) is 2.20. The third kappa shape index (κ3) is 3.25. The van der Waals surface area contributed by atoms with Gasteiger partial charge >= 0.3 is 0 Å². The average Bonchev–Trinajstić information content (AvgIpc) is 2.38. The predicted molar refractivity (Wildman–Crippen MR) is 64.1 cm³/mol. The minimum Gasteiger partial charge on any atom is -0.387 e. The number of nitrogens with zero attached hydrogens (tertiary/aromatic N) is 2. The van der Waals surface area contributed by atoms with Crippen molar-refractivity contribution in [3.05, 3.63) is 54.4 Å². The van der Waals surface area contributed by atoms with Crippen LogP contribution in [0.3, 0.4) is 0 Å². The highest BCUT2D eigenvalue weighted by molar-refractivity contribution is 7.99. The standard InChI is InChI=1S/C12H11FN2OS/c13-10-3-1-2-4-12(10)17-7-11(16)9-5-14-8-15-6-9/h1-6,8,11,16H,7H2. The van der Waals surface area contributed by atoms with Gasteiger partial charge in [0, 0.05) is 28.6 Å². The Balaban J connectivity index is 1.97. The highest BCUT2D eigenvalue weighted by Gasteiger charge is 2.10. The van der Waals surface area contributed by atoms with Crippen LogP contribution in [0.1, 0.15) is 11.7 Å². The van der Waals surface area contributed by atoms with E-state index >= 15 is 0 Å². The van der Waals surface area contributed by atoms with Crippen LogP contribution in [0.2, 0.25) is 0 Å². The maximum absolute atomic E-state index is 13.3. The van der Waals surface area contributed by atoms with E-state index in [1.807, 2.05) is 0 Å². The second-order valence-electron chi connectivity index (χ2n) is 3.43. The fraction of sp³-hybridized carbons (Fsp3) is 0.167. The van der Waals surface area contributed by atoms with Crippen molar-refractivity contribution in [1.82, 2.24) is 9.97 Å². The molecule has 0 radical (unpaired) electrons. The van der Waals surface area contributed by atoms with Crippen molar-refractivity contribution in [2.24, 2.45) is 0 Å². The van der Waals surface area contributed by atoms with Crippen molar-refractivity contribution in [2.45, 2.75) is 11.0 Å². The molecule has 0 aliphatic carbocycles. The molecule has 5 heteroatoms. The van der Waals surface area contributed by atoms with Gasteiger partial charge < -0.3 is 5.11 Å². The summed E-state index contributed by atoms with van der Waals surface area (Å²) in [6, 6.07) is 6.50. The number of aliphatic hydroxyl groups is 1. The van der Waals surface area contributed by atoms with E-state index < -0.39 is 6.10 Å². The second-order valence-corrected chi connectivity index (χ2v) is 4.49. The van der Waals surface area contributed by atoms with Crippen LogP contribution < -0.4 is 0 Å². The number of benzene rings is 1. The van der Waals surface area contributed by atoms with Crippen molar-refractivity contribution in [2.75, 3.05) is 5.75 Å². The lowest BCUT2D eigenvalue weighted by Gasteiger charge is -2.09. The Kier molecular flexibility index (Phi) is 4.06. The topological polar surface area (TPSA) is 46.0 Å². The maximum Gasteiger partial charge on any atom is 0.136 e. The molecule has 2 rings (SSSR count). The predicted octanol–water partition coefficient (Wildman–Crippen LogP) is 2.44. The van der Waals surface area contributed by atoms with Gasteiger partial charge in [-0.1, -0.05) is 12.1 Å². The number of aromatic nitrogens is 2. The van der Waals surface area contributed by atoms with Gasteiger partial charge in [-0.25, -0.2) is 14.4 Å². The van der Waals surface area contributed by atoms with Crippen molar-refractivity contribution in [3.63, 3.8) is 0 Å². The Morgan fingerprint density at radius 3 is 2.65 bits per heavy atom. The molecule has 0 amide bonds. The van der Waals surface area contributed by atoms with E-state index in [2.05, 4.69) is 9.97 Å². The Hall–Kier alpha value is -1.46. The average molecular weight is 250 g/mol. The summed E-state index contributed by atoms with van der Waals surface area (Å²) in [5.41, 5.74) is 0.635. The number of hydrogen-bond donors (Lipinski definition) is 1. The molecule has 0 aliphatic heterocycles. The zero-order valence-corrected chi connectivity index (χ0v) is 9.77. The molecule has 1 heterocycles. The number of thioether (sulfide) groups is 1. The van der Waals surface area contributed by atoms with Gasteiger partial charge in [0.1, 0.15) is 12.1 Å². The SMILES string of the molecule is OC(CSc1ccccc1F)c1cncnc1. The molecule has 0 fully saturated rings. The molecule has 1 N–H and O–H groups in total. The Labute approximate surface area is 103 Å². The molecule has 1 aromatic carbocycles. The maximum atomic E-state index is 13.3. The lowest BCUT2D eigenvalue weighted by molar-refractivity contribution is 0.203. The highest BCUT2D eigenvalue weighted by Crippen LogP contribution is 2.25. The smallest absolute Gasteiger partial charge is 0.136 e. The fourth-order valence-electron chi connectivity index (χ4n) is 1.31. The van der Waals surface area contributed by atoms with Gasteiger partial charge in [0.25, 0.3) is 0 Å². The van der Waals surface area contributed by atoms with Gasteiger partial charge in [-0.3, -0.25) is 0 Å². The first kappa shape index (κ1) is 12.0. The number of hydrogen-bond acceptors (Lipinski definition) is 4. The van der Waals surface area contributed by atoms with Crippen LogP contribution in [0.4, 0.5) is 4.39 Å². The molecule has 17 heavy (non-hydrogen) atoms. The van der Waals surface area contributed by atoms with Gasteiger partial charge in [-0.05, 0) is 12.1 Å². The van der Waals surface area contributed by atoms with Gasteiger partial charge in [0.05, 0.1) is 6.10 Å². The van der Waals surface area contributed by atoms with E-state index in [9.17, 15) is 9.50 Å². The molecule has 0 saturated heterocycles. The molecule has 88 valence electrons. The van der Waals surface area contributed by atoms with Crippen LogP contribution in [0.5, 0.6) is 0 Å². The fourth-order valence-corrected chi connectivity index (χ4v) is 2.22. The van der Waals surface area contributed by atoms with E-state index in [0.717, 1.165) is 0 Å². The van der Waals surface area contributed by atoms with Crippen molar-refractivity contribution in [1.29, 1.82) is 0 Å². The molecular formula is C12H11FN2OS. The Morgan fingerprint density at radius 2 is 1.94 bits per heavy atom. The summed E-state index contributed by atoms with van der Waals surface area (Å²) in [7, 11) is 0. The summed E-state index contributed by atoms with van der Waals surface area (Å²) in [4.78, 5) is 8.18. The molecule has 1 aromatic heterocycles. The van der Waals surface area contributed by atoms with Gasteiger partial charge in [0.2, 0.25) is 0 Å². The number of halogens is 1. The summed E-state index contributed by atoms with van der Waals surface area (Å²) in [6.07, 6.45) is 3.82. The van der Waals surface area contributed by atoms with Crippen LogP contribution in [-0.4, -0.2) is 20.8 Å². The quantitative estimate of drug-likeness (QED) is 0.847. The Morgan fingerprint density at radius 1 is 1.24 bits per heavy atom. The summed E-state index contributed by atoms with van der Waals surface area (Å²) in [5, 5.41) is 9.85. The summed E-state index contributed by atoms with van der Waals surface area (Å²) in [5.74, 6) is 0.0999. The first-order valence-corrected chi connectivity index (χ1v) is 6.06. The zero-order valence-electron chi connectivity index (χ0n) is 8.95. The van der Waals surface area contributed by atoms with Crippen LogP contribution in [0, 0.1) is 5.82 Å². The van der Waals surface area contributed by atoms with Gasteiger partial charge in [-0.15, -0.1) is 11.8 Å². The van der Waals surface area contributed by atoms with Crippen molar-refractivity contribution >= 4 is 11.8 Å². The molecule has 0 bridgehead atoms. The number of rotatable bonds is 4. The lowest BCUT2D eigenvalue weighted by Crippen LogP contribution is -2.01. The molecule has 0 spiro atoms. The van der Waals surface area contributed by atoms with E-state index in [0.29, 0.717) is 16.2 Å². The second kappa shape index (κ2) is 5.75. The van der Waals surface area contributed by atoms with Crippen LogP contribution >= 0.6 is 11.8 Å². The van der Waals surface area contributed by atoms with Crippen LogP contribution in [0.15, 0.2) is 47.9 Å². The van der Waals surface area contributed by atoms with Crippen molar-refractivity contribution in [3.8, 4) is 0 Å². The molecule has 2 aromatic rings. The summed E-state index contributed by atoms with van der Waals surface area (Å²) < 4.78 is 13.3. The van der Waals surface area contributed by atoms with E-state index in [4.69, 9.17) is 0 Å². The highest BCUT2D eigenvalue weighted by atomic mass is 32.2. The molecule has 1 unspecified atom stereocenters. The number of aliphatic hydroxyl groups excluding tert-OH is 1. The molecule has 3 nitrogen and oxygen atoms in total. The van der Waals surface area contributed by atoms with E-state index in [1.165, 1.54) is 24.2 Å². The molecule has 0 aliphatic rings. The lowest BCUT2D eigenvalue weighted by atomic mass is 10.2. The van der Waals surface area contributed by atoms with Crippen molar-refractivity contribution < 1.29 is 9.50 Å². The monoisotopic (exact) mass is 250 g/mol. The van der Waals surface area contributed by atoms with Crippen LogP contribution in [0.25, 0.3) is 0 Å².